The standard InChI is InChI=1S/C35H69NOS2/c1-6-7-8-9-10-11-12-13-14-17-20-23-26-29-35(39)37-33(4)31-36(34(5)38)30-27-24-21-18-15-16-19-22-25-28-32(2)3/h32-33H,6-31H2,1-5H3. The van der Waals surface area contributed by atoms with Gasteiger partial charge in [0, 0.05) is 13.0 Å². The van der Waals surface area contributed by atoms with Crippen molar-refractivity contribution in [2.24, 2.45) is 5.92 Å². The molecule has 0 spiro atoms. The molecular formula is C35H69NOS2. The van der Waals surface area contributed by atoms with Crippen LogP contribution >= 0.6 is 24.4 Å². The highest BCUT2D eigenvalue weighted by Gasteiger charge is 2.13. The Labute approximate surface area is 257 Å². The Morgan fingerprint density at radius 3 is 1.44 bits per heavy atom. The topological polar surface area (TPSA) is 12.5 Å². The Morgan fingerprint density at radius 2 is 1.00 bits per heavy atom. The Balaban J connectivity index is 3.68. The van der Waals surface area contributed by atoms with Crippen molar-refractivity contribution in [2.75, 3.05) is 13.1 Å². The number of thiocarbonyl (C=S) groups is 2. The molecule has 0 aromatic carbocycles. The molecular weight excluding hydrogens is 515 g/mol. The van der Waals surface area contributed by atoms with Gasteiger partial charge in [-0.2, -0.15) is 0 Å². The largest absolute Gasteiger partial charge is 0.482 e. The van der Waals surface area contributed by atoms with E-state index in [9.17, 15) is 0 Å². The zero-order valence-electron chi connectivity index (χ0n) is 27.2. The summed E-state index contributed by atoms with van der Waals surface area (Å²) < 4.78 is 6.08. The maximum atomic E-state index is 6.08. The summed E-state index contributed by atoms with van der Waals surface area (Å²) in [6.45, 7) is 13.0. The third-order valence-corrected chi connectivity index (χ3v) is 8.51. The van der Waals surface area contributed by atoms with E-state index >= 15 is 0 Å². The quantitative estimate of drug-likeness (QED) is 0.0641. The van der Waals surface area contributed by atoms with E-state index in [1.54, 1.807) is 0 Å². The highest BCUT2D eigenvalue weighted by molar-refractivity contribution is 7.80. The minimum Gasteiger partial charge on any atom is -0.482 e. The minimum atomic E-state index is 0.105. The summed E-state index contributed by atoms with van der Waals surface area (Å²) in [4.78, 5) is 3.30. The van der Waals surface area contributed by atoms with E-state index in [0.717, 1.165) is 41.9 Å². The van der Waals surface area contributed by atoms with Gasteiger partial charge in [0.2, 0.25) is 0 Å². The van der Waals surface area contributed by atoms with Crippen molar-refractivity contribution < 1.29 is 4.74 Å². The molecule has 1 atom stereocenters. The molecule has 2 nitrogen and oxygen atoms in total. The number of nitrogens with zero attached hydrogens (tertiary/aromatic N) is 1. The fraction of sp³-hybridized carbons (Fsp3) is 0.943. The first kappa shape index (κ1) is 38.8. The Hall–Kier alpha value is -0.220. The van der Waals surface area contributed by atoms with Crippen LogP contribution in [0.3, 0.4) is 0 Å². The molecule has 0 aliphatic carbocycles. The van der Waals surface area contributed by atoms with Crippen molar-refractivity contribution in [1.82, 2.24) is 4.90 Å². The Kier molecular flexibility index (Phi) is 29.1. The molecule has 1 unspecified atom stereocenters. The average Bonchev–Trinajstić information content (AvgIpc) is 2.88. The number of rotatable bonds is 29. The predicted octanol–water partition coefficient (Wildman–Crippen LogP) is 12.4. The van der Waals surface area contributed by atoms with Gasteiger partial charge in [-0.1, -0.05) is 168 Å². The summed E-state index contributed by atoms with van der Waals surface area (Å²) in [5, 5.41) is 0.789. The second kappa shape index (κ2) is 29.3. The van der Waals surface area contributed by atoms with Crippen molar-refractivity contribution in [3.8, 4) is 0 Å². The van der Waals surface area contributed by atoms with E-state index in [1.807, 2.05) is 6.92 Å². The lowest BCUT2D eigenvalue weighted by Gasteiger charge is -2.27. The van der Waals surface area contributed by atoms with Crippen LogP contribution in [0.4, 0.5) is 0 Å². The van der Waals surface area contributed by atoms with E-state index < -0.39 is 0 Å². The van der Waals surface area contributed by atoms with Crippen LogP contribution in [0.2, 0.25) is 0 Å². The minimum absolute atomic E-state index is 0.105. The molecule has 0 saturated carbocycles. The van der Waals surface area contributed by atoms with Crippen LogP contribution in [-0.2, 0) is 4.74 Å². The second-order valence-corrected chi connectivity index (χ2v) is 13.7. The lowest BCUT2D eigenvalue weighted by atomic mass is 10.0. The van der Waals surface area contributed by atoms with Gasteiger partial charge in [0.05, 0.1) is 11.5 Å². The lowest BCUT2D eigenvalue weighted by molar-refractivity contribution is 0.171. The summed E-state index contributed by atoms with van der Waals surface area (Å²) in [6, 6.07) is 0. The van der Waals surface area contributed by atoms with Crippen molar-refractivity contribution >= 4 is 34.5 Å². The van der Waals surface area contributed by atoms with Crippen LogP contribution < -0.4 is 0 Å². The second-order valence-electron chi connectivity index (χ2n) is 12.6. The van der Waals surface area contributed by atoms with E-state index in [1.165, 1.54) is 141 Å². The third-order valence-electron chi connectivity index (χ3n) is 7.95. The van der Waals surface area contributed by atoms with Gasteiger partial charge in [-0.05, 0) is 44.8 Å². The molecule has 0 rings (SSSR count). The fourth-order valence-electron chi connectivity index (χ4n) is 5.39. The van der Waals surface area contributed by atoms with Gasteiger partial charge in [-0.15, -0.1) is 0 Å². The first-order chi connectivity index (χ1) is 18.9. The summed E-state index contributed by atoms with van der Waals surface area (Å²) in [5.74, 6) is 0.862. The maximum absolute atomic E-state index is 6.08. The van der Waals surface area contributed by atoms with E-state index in [-0.39, 0.29) is 6.10 Å². The first-order valence-corrected chi connectivity index (χ1v) is 18.1. The van der Waals surface area contributed by atoms with E-state index in [4.69, 9.17) is 29.2 Å². The van der Waals surface area contributed by atoms with Crippen molar-refractivity contribution in [2.45, 2.75) is 195 Å². The third kappa shape index (κ3) is 29.1. The number of unbranched alkanes of at least 4 members (excludes halogenated alkanes) is 20. The fourth-order valence-corrected chi connectivity index (χ4v) is 5.86. The molecule has 0 aromatic rings. The highest BCUT2D eigenvalue weighted by atomic mass is 32.1. The van der Waals surface area contributed by atoms with E-state index in [2.05, 4.69) is 32.6 Å². The molecule has 0 bridgehead atoms. The Bertz CT molecular complexity index is 551. The molecule has 0 amide bonds. The van der Waals surface area contributed by atoms with Crippen molar-refractivity contribution in [3.63, 3.8) is 0 Å². The van der Waals surface area contributed by atoms with Crippen LogP contribution in [-0.4, -0.2) is 34.1 Å². The Morgan fingerprint density at radius 1 is 0.590 bits per heavy atom. The summed E-state index contributed by atoms with van der Waals surface area (Å²) in [5.41, 5.74) is 0. The molecule has 0 N–H and O–H groups in total. The van der Waals surface area contributed by atoms with Crippen LogP contribution in [0.25, 0.3) is 0 Å². The first-order valence-electron chi connectivity index (χ1n) is 17.3. The molecule has 232 valence electrons. The SMILES string of the molecule is CCCCCCCCCCCCCCCC(=S)OC(C)CN(CCCCCCCCCCCC(C)C)C(C)=S. The number of hydrogen-bond acceptors (Lipinski definition) is 3. The van der Waals surface area contributed by atoms with Gasteiger partial charge in [0.25, 0.3) is 0 Å². The van der Waals surface area contributed by atoms with Crippen LogP contribution in [0.1, 0.15) is 189 Å². The molecule has 0 aliphatic rings. The number of hydrogen-bond donors (Lipinski definition) is 0. The zero-order chi connectivity index (χ0) is 29.0. The zero-order valence-corrected chi connectivity index (χ0v) is 28.8. The van der Waals surface area contributed by atoms with Crippen LogP contribution in [0, 0.1) is 5.92 Å². The molecule has 0 radical (unpaired) electrons. The van der Waals surface area contributed by atoms with Gasteiger partial charge in [-0.3, -0.25) is 0 Å². The normalized spacial score (nSPS) is 12.2. The van der Waals surface area contributed by atoms with Gasteiger partial charge in [-0.25, -0.2) is 0 Å². The summed E-state index contributed by atoms with van der Waals surface area (Å²) >= 11 is 11.1. The lowest BCUT2D eigenvalue weighted by Crippen LogP contribution is -2.36. The highest BCUT2D eigenvalue weighted by Crippen LogP contribution is 2.15. The van der Waals surface area contributed by atoms with Crippen LogP contribution in [0.15, 0.2) is 0 Å². The monoisotopic (exact) mass is 583 g/mol. The van der Waals surface area contributed by atoms with Gasteiger partial charge < -0.3 is 9.64 Å². The smallest absolute Gasteiger partial charge is 0.160 e. The van der Waals surface area contributed by atoms with Gasteiger partial charge in [0.1, 0.15) is 6.10 Å². The van der Waals surface area contributed by atoms with Gasteiger partial charge in [0.15, 0.2) is 5.05 Å². The molecule has 4 heteroatoms. The predicted molar refractivity (Wildman–Crippen MR) is 184 cm³/mol. The van der Waals surface area contributed by atoms with Gasteiger partial charge >= 0.3 is 0 Å². The molecule has 0 aliphatic heterocycles. The summed E-state index contributed by atoms with van der Waals surface area (Å²) in [6.07, 6.45) is 32.7. The molecule has 0 heterocycles. The van der Waals surface area contributed by atoms with Crippen LogP contribution in [0.5, 0.6) is 0 Å². The average molecular weight is 584 g/mol. The molecule has 39 heavy (non-hydrogen) atoms. The van der Waals surface area contributed by atoms with E-state index in [0.29, 0.717) is 0 Å². The van der Waals surface area contributed by atoms with Crippen molar-refractivity contribution in [3.05, 3.63) is 0 Å². The molecule has 0 fully saturated rings. The maximum Gasteiger partial charge on any atom is 0.160 e. The summed E-state index contributed by atoms with van der Waals surface area (Å²) in [7, 11) is 0. The van der Waals surface area contributed by atoms with Crippen molar-refractivity contribution in [1.29, 1.82) is 0 Å². The number of ether oxygens (including phenoxy) is 1. The molecule has 0 saturated heterocycles. The molecule has 0 aromatic heterocycles.